The van der Waals surface area contributed by atoms with Gasteiger partial charge in [0.15, 0.2) is 11.3 Å². The van der Waals surface area contributed by atoms with Crippen molar-refractivity contribution in [3.8, 4) is 0 Å². The van der Waals surface area contributed by atoms with Crippen LogP contribution >= 0.6 is 0 Å². The molecule has 1 unspecified atom stereocenters. The molecule has 3 heterocycles. The molecule has 0 saturated carbocycles. The van der Waals surface area contributed by atoms with Gasteiger partial charge in [-0.1, -0.05) is 0 Å². The molecular weight excluding hydrogens is 246 g/mol. The van der Waals surface area contributed by atoms with Crippen molar-refractivity contribution in [2.45, 2.75) is 26.0 Å². The van der Waals surface area contributed by atoms with E-state index in [1.54, 1.807) is 12.1 Å². The van der Waals surface area contributed by atoms with Crippen molar-refractivity contribution < 1.29 is 14.3 Å². The molecule has 100 valence electrons. The van der Waals surface area contributed by atoms with Crippen molar-refractivity contribution in [3.05, 3.63) is 23.7 Å². The van der Waals surface area contributed by atoms with Crippen molar-refractivity contribution in [1.82, 2.24) is 14.5 Å². The molecule has 6 heteroatoms. The van der Waals surface area contributed by atoms with E-state index in [2.05, 4.69) is 14.7 Å². The molecule has 2 aromatic rings. The highest BCUT2D eigenvalue weighted by atomic mass is 16.5. The fraction of sp³-hybridized carbons (Fsp3) is 0.462. The summed E-state index contributed by atoms with van der Waals surface area (Å²) in [7, 11) is 1.35. The van der Waals surface area contributed by atoms with Crippen LogP contribution in [0.3, 0.4) is 0 Å². The Bertz CT molecular complexity index is 631. The zero-order chi connectivity index (χ0) is 13.4. The number of carbonyl (C=O) groups excluding carboxylic acids is 1. The maximum absolute atomic E-state index is 11.5. The minimum atomic E-state index is -0.438. The van der Waals surface area contributed by atoms with Gasteiger partial charge in [-0.15, -0.1) is 0 Å². The van der Waals surface area contributed by atoms with Gasteiger partial charge >= 0.3 is 5.97 Å². The van der Waals surface area contributed by atoms with E-state index >= 15 is 0 Å². The number of pyridine rings is 1. The first-order valence-electron chi connectivity index (χ1n) is 6.23. The smallest absolute Gasteiger partial charge is 0.356 e. The molecule has 0 amide bonds. The Hall–Kier alpha value is -1.95. The van der Waals surface area contributed by atoms with Gasteiger partial charge in [0.2, 0.25) is 0 Å². The minimum Gasteiger partial charge on any atom is -0.464 e. The third kappa shape index (κ3) is 2.08. The Morgan fingerprint density at radius 3 is 2.95 bits per heavy atom. The predicted molar refractivity (Wildman–Crippen MR) is 68.0 cm³/mol. The number of nitrogens with zero attached hydrogens (tertiary/aromatic N) is 3. The number of aromatic nitrogens is 3. The van der Waals surface area contributed by atoms with Gasteiger partial charge in [0.05, 0.1) is 19.8 Å². The van der Waals surface area contributed by atoms with Crippen LogP contribution in [0.25, 0.3) is 11.2 Å². The van der Waals surface area contributed by atoms with Crippen LogP contribution < -0.4 is 0 Å². The van der Waals surface area contributed by atoms with Crippen LogP contribution in [0, 0.1) is 6.92 Å². The molecular formula is C13H15N3O3. The van der Waals surface area contributed by atoms with E-state index in [0.29, 0.717) is 11.3 Å². The first-order chi connectivity index (χ1) is 9.19. The van der Waals surface area contributed by atoms with Crippen molar-refractivity contribution in [2.75, 3.05) is 13.7 Å². The number of rotatable bonds is 3. The molecule has 19 heavy (non-hydrogen) atoms. The van der Waals surface area contributed by atoms with E-state index in [0.717, 1.165) is 30.9 Å². The maximum Gasteiger partial charge on any atom is 0.356 e. The molecule has 0 aromatic carbocycles. The highest BCUT2D eigenvalue weighted by molar-refractivity contribution is 5.89. The van der Waals surface area contributed by atoms with Gasteiger partial charge in [0.25, 0.3) is 0 Å². The molecule has 1 aliphatic rings. The average Bonchev–Trinajstić information content (AvgIpc) is 2.67. The van der Waals surface area contributed by atoms with Crippen molar-refractivity contribution in [2.24, 2.45) is 0 Å². The molecule has 1 saturated heterocycles. The largest absolute Gasteiger partial charge is 0.464 e. The molecule has 2 aromatic heterocycles. The van der Waals surface area contributed by atoms with Crippen LogP contribution in [0.15, 0.2) is 12.1 Å². The number of aryl methyl sites for hydroxylation is 1. The molecule has 0 N–H and O–H groups in total. The van der Waals surface area contributed by atoms with E-state index in [-0.39, 0.29) is 6.10 Å². The molecule has 1 aliphatic heterocycles. The van der Waals surface area contributed by atoms with E-state index < -0.39 is 5.97 Å². The van der Waals surface area contributed by atoms with Gasteiger partial charge < -0.3 is 14.0 Å². The van der Waals surface area contributed by atoms with Crippen LogP contribution in [0.4, 0.5) is 0 Å². The lowest BCUT2D eigenvalue weighted by molar-refractivity contribution is -0.0589. The summed E-state index contributed by atoms with van der Waals surface area (Å²) in [5, 5.41) is 0. The van der Waals surface area contributed by atoms with Gasteiger partial charge in [-0.2, -0.15) is 0 Å². The van der Waals surface area contributed by atoms with Crippen LogP contribution in [0.2, 0.25) is 0 Å². The SMILES string of the molecule is COC(=O)c1ccc2nc(C)n(CC3CCO3)c2n1. The number of methoxy groups -OCH3 is 1. The summed E-state index contributed by atoms with van der Waals surface area (Å²) in [5.41, 5.74) is 1.78. The lowest BCUT2D eigenvalue weighted by atomic mass is 10.2. The summed E-state index contributed by atoms with van der Waals surface area (Å²) in [6, 6.07) is 3.42. The van der Waals surface area contributed by atoms with E-state index in [9.17, 15) is 4.79 Å². The minimum absolute atomic E-state index is 0.222. The Morgan fingerprint density at radius 1 is 1.53 bits per heavy atom. The zero-order valence-electron chi connectivity index (χ0n) is 10.9. The molecule has 0 aliphatic carbocycles. The second-order valence-electron chi connectivity index (χ2n) is 4.58. The third-order valence-electron chi connectivity index (χ3n) is 3.36. The fourth-order valence-corrected chi connectivity index (χ4v) is 2.18. The van der Waals surface area contributed by atoms with E-state index in [1.807, 2.05) is 11.5 Å². The number of hydrogen-bond acceptors (Lipinski definition) is 5. The number of hydrogen-bond donors (Lipinski definition) is 0. The van der Waals surface area contributed by atoms with Crippen LogP contribution in [0.5, 0.6) is 0 Å². The Labute approximate surface area is 110 Å². The lowest BCUT2D eigenvalue weighted by Gasteiger charge is -2.27. The molecule has 0 bridgehead atoms. The number of imidazole rings is 1. The highest BCUT2D eigenvalue weighted by Gasteiger charge is 2.21. The van der Waals surface area contributed by atoms with E-state index in [1.165, 1.54) is 7.11 Å². The first-order valence-corrected chi connectivity index (χ1v) is 6.23. The Balaban J connectivity index is 2.03. The second kappa shape index (κ2) is 4.62. The summed E-state index contributed by atoms with van der Waals surface area (Å²) in [6.07, 6.45) is 1.27. The van der Waals surface area contributed by atoms with Crippen molar-refractivity contribution in [1.29, 1.82) is 0 Å². The van der Waals surface area contributed by atoms with Gasteiger partial charge in [-0.3, -0.25) is 0 Å². The number of esters is 1. The summed E-state index contributed by atoms with van der Waals surface area (Å²) >= 11 is 0. The molecule has 1 fully saturated rings. The maximum atomic E-state index is 11.5. The average molecular weight is 261 g/mol. The fourth-order valence-electron chi connectivity index (χ4n) is 2.18. The molecule has 6 nitrogen and oxygen atoms in total. The standard InChI is InChI=1S/C13H15N3O3/c1-8-14-10-3-4-11(13(17)18-2)15-12(10)16(8)7-9-5-6-19-9/h3-4,9H,5-7H2,1-2H3. The summed E-state index contributed by atoms with van der Waals surface area (Å²) in [4.78, 5) is 20.3. The Kier molecular flexibility index (Phi) is 2.94. The van der Waals surface area contributed by atoms with Gasteiger partial charge in [0, 0.05) is 6.61 Å². The normalized spacial score (nSPS) is 18.3. The van der Waals surface area contributed by atoms with Gasteiger partial charge in [0.1, 0.15) is 11.3 Å². The monoisotopic (exact) mass is 261 g/mol. The lowest BCUT2D eigenvalue weighted by Crippen LogP contribution is -2.31. The van der Waals surface area contributed by atoms with Crippen LogP contribution in [-0.2, 0) is 16.0 Å². The number of carbonyl (C=O) groups is 1. The number of fused-ring (bicyclic) bond motifs is 1. The summed E-state index contributed by atoms with van der Waals surface area (Å²) in [5.74, 6) is 0.437. The highest BCUT2D eigenvalue weighted by Crippen LogP contribution is 2.19. The quantitative estimate of drug-likeness (QED) is 0.779. The first kappa shape index (κ1) is 12.1. The zero-order valence-corrected chi connectivity index (χ0v) is 10.9. The molecule has 1 atom stereocenters. The molecule has 0 radical (unpaired) electrons. The summed E-state index contributed by atoms with van der Waals surface area (Å²) in [6.45, 7) is 3.47. The Morgan fingerprint density at radius 2 is 2.32 bits per heavy atom. The van der Waals surface area contributed by atoms with Gasteiger partial charge in [-0.05, 0) is 25.5 Å². The van der Waals surface area contributed by atoms with Crippen molar-refractivity contribution >= 4 is 17.1 Å². The summed E-state index contributed by atoms with van der Waals surface area (Å²) < 4.78 is 12.1. The number of ether oxygens (including phenoxy) is 2. The van der Waals surface area contributed by atoms with Crippen molar-refractivity contribution in [3.63, 3.8) is 0 Å². The molecule has 0 spiro atoms. The molecule has 3 rings (SSSR count). The third-order valence-corrected chi connectivity index (χ3v) is 3.36. The topological polar surface area (TPSA) is 66.2 Å². The second-order valence-corrected chi connectivity index (χ2v) is 4.58. The predicted octanol–water partition coefficient (Wildman–Crippen LogP) is 1.32. The van der Waals surface area contributed by atoms with Crippen LogP contribution in [0.1, 0.15) is 22.7 Å². The van der Waals surface area contributed by atoms with Gasteiger partial charge in [-0.25, -0.2) is 14.8 Å². The van der Waals surface area contributed by atoms with Crippen LogP contribution in [-0.4, -0.2) is 40.3 Å². The van der Waals surface area contributed by atoms with E-state index in [4.69, 9.17) is 4.74 Å².